The molecule has 2 amide bonds. The molecule has 16 heteroatoms. The van der Waals surface area contributed by atoms with Gasteiger partial charge >= 0.3 is 18.2 Å². The van der Waals surface area contributed by atoms with Crippen molar-refractivity contribution in [2.45, 2.75) is 51.6 Å². The van der Waals surface area contributed by atoms with Crippen LogP contribution in [-0.2, 0) is 29.3 Å². The summed E-state index contributed by atoms with van der Waals surface area (Å²) in [6.45, 7) is 4.67. The third-order valence-electron chi connectivity index (χ3n) is 6.96. The van der Waals surface area contributed by atoms with Crippen molar-refractivity contribution in [2.75, 3.05) is 0 Å². The van der Waals surface area contributed by atoms with Crippen LogP contribution in [0.3, 0.4) is 0 Å². The number of nitrogens with one attached hydrogen (secondary N) is 1. The maximum absolute atomic E-state index is 16.3. The van der Waals surface area contributed by atoms with Crippen LogP contribution in [0.2, 0.25) is 10.0 Å². The van der Waals surface area contributed by atoms with Crippen molar-refractivity contribution in [3.8, 4) is 11.1 Å². The van der Waals surface area contributed by atoms with Crippen LogP contribution in [0, 0.1) is 11.6 Å². The van der Waals surface area contributed by atoms with Gasteiger partial charge in [-0.15, -0.1) is 4.99 Å². The molecule has 49 heavy (non-hydrogen) atoms. The van der Waals surface area contributed by atoms with Gasteiger partial charge in [0.1, 0.15) is 17.2 Å². The topological polar surface area (TPSA) is 115 Å². The summed E-state index contributed by atoms with van der Waals surface area (Å²) in [5.74, 6) is -5.13. The fraction of sp³-hybridized carbons (Fsp3) is 0.273. The summed E-state index contributed by atoms with van der Waals surface area (Å²) in [6, 6.07) is 6.58. The average Bonchev–Trinajstić information content (AvgIpc) is 3.31. The largest absolute Gasteiger partial charge is 0.481 e. The SMILES string of the molecule is Cn1ccn(Cc2cc(C(=O)NC(CC(=O)O)c3ccc(Cl)c(Cl)c3)c(F)c(-c3ccc(F)cc3C(F)(F)F)c2)/c1=N\C(=O)OC(C)(C)C. The molecule has 260 valence electrons. The molecule has 1 heterocycles. The summed E-state index contributed by atoms with van der Waals surface area (Å²) in [6.07, 6.45) is -3.72. The van der Waals surface area contributed by atoms with Gasteiger partial charge < -0.3 is 24.3 Å². The Balaban J connectivity index is 1.89. The number of ether oxygens (including phenoxy) is 1. The Morgan fingerprint density at radius 1 is 0.959 bits per heavy atom. The zero-order valence-electron chi connectivity index (χ0n) is 26.3. The number of aromatic nitrogens is 2. The molecule has 0 aliphatic carbocycles. The molecule has 0 aliphatic rings. The summed E-state index contributed by atoms with van der Waals surface area (Å²) in [5.41, 5.74) is -4.25. The van der Waals surface area contributed by atoms with Crippen molar-refractivity contribution >= 4 is 41.2 Å². The Bertz CT molecular complexity index is 2000. The second kappa shape index (κ2) is 14.4. The van der Waals surface area contributed by atoms with Crippen molar-refractivity contribution in [3.63, 3.8) is 0 Å². The number of aryl methyl sites for hydroxylation is 1. The van der Waals surface area contributed by atoms with Gasteiger partial charge in [-0.3, -0.25) is 9.59 Å². The number of nitrogens with zero attached hydrogens (tertiary/aromatic N) is 3. The van der Waals surface area contributed by atoms with E-state index in [1.165, 1.54) is 39.7 Å². The van der Waals surface area contributed by atoms with E-state index in [4.69, 9.17) is 27.9 Å². The van der Waals surface area contributed by atoms with E-state index in [0.717, 1.165) is 18.2 Å². The third kappa shape index (κ3) is 9.27. The van der Waals surface area contributed by atoms with E-state index in [2.05, 4.69) is 10.3 Å². The molecule has 0 aliphatic heterocycles. The molecule has 1 aromatic heterocycles. The molecule has 3 aromatic carbocycles. The van der Waals surface area contributed by atoms with Crippen LogP contribution >= 0.6 is 23.2 Å². The number of amides is 2. The first-order valence-electron chi connectivity index (χ1n) is 14.4. The lowest BCUT2D eigenvalue weighted by Gasteiger charge is -2.20. The van der Waals surface area contributed by atoms with Crippen LogP contribution in [-0.4, -0.2) is 37.8 Å². The van der Waals surface area contributed by atoms with Crippen molar-refractivity contribution < 1.29 is 46.2 Å². The Kier molecular flexibility index (Phi) is 10.9. The third-order valence-corrected chi connectivity index (χ3v) is 7.70. The van der Waals surface area contributed by atoms with Gasteiger partial charge in [-0.25, -0.2) is 13.6 Å². The van der Waals surface area contributed by atoms with E-state index in [9.17, 15) is 37.1 Å². The van der Waals surface area contributed by atoms with Crippen molar-refractivity contribution in [1.29, 1.82) is 0 Å². The van der Waals surface area contributed by atoms with Crippen LogP contribution in [0.25, 0.3) is 11.1 Å². The van der Waals surface area contributed by atoms with Crippen molar-refractivity contribution in [1.82, 2.24) is 14.5 Å². The molecule has 2 N–H and O–H groups in total. The second-order valence-electron chi connectivity index (χ2n) is 11.9. The predicted molar refractivity (Wildman–Crippen MR) is 170 cm³/mol. The Labute approximate surface area is 286 Å². The van der Waals surface area contributed by atoms with Crippen LogP contribution in [0.1, 0.15) is 60.3 Å². The molecule has 0 radical (unpaired) electrons. The summed E-state index contributed by atoms with van der Waals surface area (Å²) in [7, 11) is 1.56. The quantitative estimate of drug-likeness (QED) is 0.179. The van der Waals surface area contributed by atoms with E-state index in [1.54, 1.807) is 27.8 Å². The minimum Gasteiger partial charge on any atom is -0.481 e. The van der Waals surface area contributed by atoms with Crippen LogP contribution < -0.4 is 10.9 Å². The summed E-state index contributed by atoms with van der Waals surface area (Å²) >= 11 is 12.1. The number of carbonyl (C=O) groups is 3. The highest BCUT2D eigenvalue weighted by Gasteiger charge is 2.35. The smallest absolute Gasteiger partial charge is 0.437 e. The fourth-order valence-electron chi connectivity index (χ4n) is 4.86. The van der Waals surface area contributed by atoms with E-state index >= 15 is 4.39 Å². The number of rotatable bonds is 8. The normalized spacial score (nSPS) is 12.9. The summed E-state index contributed by atoms with van der Waals surface area (Å²) in [4.78, 5) is 41.8. The number of carboxylic acid groups (broad SMARTS) is 1. The lowest BCUT2D eigenvalue weighted by atomic mass is 9.94. The van der Waals surface area contributed by atoms with E-state index in [-0.39, 0.29) is 39.4 Å². The number of carboxylic acids is 1. The minimum atomic E-state index is -5.11. The van der Waals surface area contributed by atoms with Gasteiger partial charge in [-0.1, -0.05) is 35.3 Å². The number of imidazole rings is 1. The molecule has 0 saturated heterocycles. The lowest BCUT2D eigenvalue weighted by molar-refractivity contribution is -0.138. The minimum absolute atomic E-state index is 0.0442. The van der Waals surface area contributed by atoms with Crippen molar-refractivity contribution in [3.05, 3.63) is 110 Å². The Hall–Kier alpha value is -4.69. The van der Waals surface area contributed by atoms with Crippen molar-refractivity contribution in [2.24, 2.45) is 12.0 Å². The van der Waals surface area contributed by atoms with Crippen LogP contribution in [0.4, 0.5) is 26.7 Å². The highest BCUT2D eigenvalue weighted by Crippen LogP contribution is 2.39. The summed E-state index contributed by atoms with van der Waals surface area (Å²) < 4.78 is 80.6. The number of benzene rings is 3. The zero-order valence-corrected chi connectivity index (χ0v) is 27.8. The molecule has 9 nitrogen and oxygen atoms in total. The van der Waals surface area contributed by atoms with E-state index in [0.29, 0.717) is 6.07 Å². The number of carbonyl (C=O) groups excluding carboxylic acids is 2. The highest BCUT2D eigenvalue weighted by atomic mass is 35.5. The molecular formula is C33H29Cl2F5N4O5. The zero-order chi connectivity index (χ0) is 36.4. The van der Waals surface area contributed by atoms with Gasteiger partial charge in [0.05, 0.1) is 40.2 Å². The molecule has 1 atom stereocenters. The second-order valence-corrected chi connectivity index (χ2v) is 12.7. The van der Waals surface area contributed by atoms with Gasteiger partial charge in [-0.05, 0) is 73.9 Å². The number of halogens is 7. The standard InChI is InChI=1S/C33H29Cl2F5N4O5/c1-32(2,3)49-31(48)42-30-43(4)9-10-44(30)16-17-11-21(20-7-6-19(36)14-23(20)33(38,39)40)28(37)22(12-17)29(47)41-26(15-27(45)46)18-5-8-24(34)25(35)13-18/h5-14,26H,15-16H2,1-4H3,(H,41,47)(H,45,46)/b42-30-. The summed E-state index contributed by atoms with van der Waals surface area (Å²) in [5, 5.41) is 12.1. The first-order chi connectivity index (χ1) is 22.7. The number of alkyl halides is 3. The fourth-order valence-corrected chi connectivity index (χ4v) is 5.17. The Morgan fingerprint density at radius 3 is 2.27 bits per heavy atom. The predicted octanol–water partition coefficient (Wildman–Crippen LogP) is 7.93. The number of hydrogen-bond donors (Lipinski definition) is 2. The van der Waals surface area contributed by atoms with Crippen LogP contribution in [0.15, 0.2) is 65.9 Å². The van der Waals surface area contributed by atoms with Gasteiger partial charge in [0.15, 0.2) is 0 Å². The first kappa shape index (κ1) is 37.1. The number of aliphatic carboxylic acids is 1. The maximum Gasteiger partial charge on any atom is 0.437 e. The molecule has 4 rings (SSSR count). The lowest BCUT2D eigenvalue weighted by Crippen LogP contribution is -2.31. The van der Waals surface area contributed by atoms with Gasteiger partial charge in [-0.2, -0.15) is 13.2 Å². The van der Waals surface area contributed by atoms with E-state index in [1.807, 2.05) is 0 Å². The average molecular weight is 728 g/mol. The molecule has 0 saturated carbocycles. The molecule has 0 bridgehead atoms. The molecule has 1 unspecified atom stereocenters. The van der Waals surface area contributed by atoms with Gasteiger partial charge in [0.25, 0.3) is 5.91 Å². The van der Waals surface area contributed by atoms with Gasteiger partial charge in [0.2, 0.25) is 5.62 Å². The highest BCUT2D eigenvalue weighted by molar-refractivity contribution is 6.42. The monoisotopic (exact) mass is 726 g/mol. The van der Waals surface area contributed by atoms with Crippen LogP contribution in [0.5, 0.6) is 0 Å². The molecular weight excluding hydrogens is 698 g/mol. The maximum atomic E-state index is 16.3. The molecule has 4 aromatic rings. The Morgan fingerprint density at radius 2 is 1.65 bits per heavy atom. The van der Waals surface area contributed by atoms with E-state index < -0.39 is 76.1 Å². The number of hydrogen-bond acceptors (Lipinski definition) is 4. The molecule has 0 spiro atoms. The first-order valence-corrected chi connectivity index (χ1v) is 15.2. The van der Waals surface area contributed by atoms with Gasteiger partial charge in [0, 0.05) is 25.0 Å². The molecule has 0 fully saturated rings.